The molecule has 2 amide bonds. The highest BCUT2D eigenvalue weighted by Gasteiger charge is 2.27. The molecule has 0 aromatic heterocycles. The molecule has 7 heteroatoms. The lowest BCUT2D eigenvalue weighted by Crippen LogP contribution is -2.44. The van der Waals surface area contributed by atoms with Gasteiger partial charge in [0.1, 0.15) is 5.75 Å². The molecular weight excluding hydrogens is 458 g/mol. The van der Waals surface area contributed by atoms with Gasteiger partial charge >= 0.3 is 0 Å². The lowest BCUT2D eigenvalue weighted by molar-refractivity contribution is -0.118. The molecule has 2 aromatic carbocycles. The van der Waals surface area contributed by atoms with Crippen molar-refractivity contribution in [2.45, 2.75) is 32.7 Å². The number of anilines is 1. The van der Waals surface area contributed by atoms with E-state index in [0.717, 1.165) is 24.0 Å². The van der Waals surface area contributed by atoms with Gasteiger partial charge < -0.3 is 15.0 Å². The van der Waals surface area contributed by atoms with Crippen LogP contribution in [-0.4, -0.2) is 59.9 Å². The quantitative estimate of drug-likeness (QED) is 0.678. The van der Waals surface area contributed by atoms with Gasteiger partial charge in [-0.3, -0.25) is 14.5 Å². The number of amides is 2. The van der Waals surface area contributed by atoms with Crippen LogP contribution in [0.2, 0.25) is 0 Å². The van der Waals surface area contributed by atoms with Gasteiger partial charge in [0, 0.05) is 41.9 Å². The van der Waals surface area contributed by atoms with E-state index in [-0.39, 0.29) is 24.0 Å². The van der Waals surface area contributed by atoms with E-state index >= 15 is 0 Å². The number of carbonyl (C=O) groups excluding carboxylic acids is 2. The van der Waals surface area contributed by atoms with Crippen LogP contribution in [0.25, 0.3) is 0 Å². The molecule has 1 aliphatic rings. The molecule has 1 aliphatic heterocycles. The maximum atomic E-state index is 13.2. The van der Waals surface area contributed by atoms with Crippen LogP contribution in [0.5, 0.6) is 5.75 Å². The van der Waals surface area contributed by atoms with E-state index in [1.165, 1.54) is 0 Å². The van der Waals surface area contributed by atoms with Crippen LogP contribution in [0.4, 0.5) is 5.69 Å². The van der Waals surface area contributed by atoms with Crippen LogP contribution in [0.15, 0.2) is 53.0 Å². The normalized spacial score (nSPS) is 15.3. The molecule has 0 radical (unpaired) electrons. The lowest BCUT2D eigenvalue weighted by atomic mass is 10.1. The Balaban J connectivity index is 1.62. The van der Waals surface area contributed by atoms with Crippen molar-refractivity contribution in [3.05, 3.63) is 58.6 Å². The SMILES string of the molecule is CC(C)(C)N1CCCN(C(=O)c2ccccc2OCC(=O)Nc2ccc(Br)cc2)CC1. The monoisotopic (exact) mass is 487 g/mol. The topological polar surface area (TPSA) is 61.9 Å². The summed E-state index contributed by atoms with van der Waals surface area (Å²) in [5, 5.41) is 2.79. The summed E-state index contributed by atoms with van der Waals surface area (Å²) < 4.78 is 6.67. The standard InChI is InChI=1S/C24H30BrN3O3/c1-24(2,3)28-14-6-13-27(15-16-28)23(30)20-7-4-5-8-21(20)31-17-22(29)26-19-11-9-18(25)10-12-19/h4-5,7-12H,6,13-17H2,1-3H3,(H,26,29). The number of ether oxygens (including phenoxy) is 1. The van der Waals surface area contributed by atoms with E-state index < -0.39 is 0 Å². The molecule has 2 aromatic rings. The van der Waals surface area contributed by atoms with E-state index in [1.807, 2.05) is 29.2 Å². The summed E-state index contributed by atoms with van der Waals surface area (Å²) in [6, 6.07) is 14.4. The van der Waals surface area contributed by atoms with Crippen molar-refractivity contribution in [3.8, 4) is 5.75 Å². The molecule has 0 bridgehead atoms. The fraction of sp³-hybridized carbons (Fsp3) is 0.417. The van der Waals surface area contributed by atoms with Crippen LogP contribution < -0.4 is 10.1 Å². The van der Waals surface area contributed by atoms with Gasteiger partial charge in [0.15, 0.2) is 6.61 Å². The van der Waals surface area contributed by atoms with Crippen molar-refractivity contribution in [1.29, 1.82) is 0 Å². The Bertz CT molecular complexity index is 909. The van der Waals surface area contributed by atoms with Crippen molar-refractivity contribution < 1.29 is 14.3 Å². The smallest absolute Gasteiger partial charge is 0.262 e. The van der Waals surface area contributed by atoms with Gasteiger partial charge in [-0.1, -0.05) is 28.1 Å². The first-order valence-corrected chi connectivity index (χ1v) is 11.3. The third-order valence-corrected chi connectivity index (χ3v) is 5.86. The summed E-state index contributed by atoms with van der Waals surface area (Å²) in [5.74, 6) is 0.0928. The molecule has 0 unspecified atom stereocenters. The summed E-state index contributed by atoms with van der Waals surface area (Å²) in [5.41, 5.74) is 1.26. The van der Waals surface area contributed by atoms with Gasteiger partial charge in [0.2, 0.25) is 0 Å². The fourth-order valence-electron chi connectivity index (χ4n) is 3.60. The van der Waals surface area contributed by atoms with Crippen molar-refractivity contribution in [2.75, 3.05) is 38.1 Å². The number of carbonyl (C=O) groups is 2. The third kappa shape index (κ3) is 6.55. The highest BCUT2D eigenvalue weighted by molar-refractivity contribution is 9.10. The molecule has 0 spiro atoms. The molecule has 0 aliphatic carbocycles. The minimum Gasteiger partial charge on any atom is -0.483 e. The molecule has 1 saturated heterocycles. The van der Waals surface area contributed by atoms with Gasteiger partial charge in [0.05, 0.1) is 5.56 Å². The number of halogens is 1. The number of nitrogens with one attached hydrogen (secondary N) is 1. The van der Waals surface area contributed by atoms with Crippen LogP contribution in [-0.2, 0) is 4.79 Å². The Labute approximate surface area is 192 Å². The fourth-order valence-corrected chi connectivity index (χ4v) is 3.87. The second-order valence-corrected chi connectivity index (χ2v) is 9.56. The number of hydrogen-bond acceptors (Lipinski definition) is 4. The second kappa shape index (κ2) is 10.3. The Morgan fingerprint density at radius 2 is 1.71 bits per heavy atom. The first-order chi connectivity index (χ1) is 14.7. The minimum atomic E-state index is -0.278. The predicted octanol–water partition coefficient (Wildman–Crippen LogP) is 4.41. The summed E-state index contributed by atoms with van der Waals surface area (Å²) in [4.78, 5) is 29.8. The summed E-state index contributed by atoms with van der Waals surface area (Å²) >= 11 is 3.37. The molecule has 3 rings (SSSR count). The van der Waals surface area contributed by atoms with Crippen LogP contribution in [0.1, 0.15) is 37.6 Å². The molecule has 1 heterocycles. The van der Waals surface area contributed by atoms with Gasteiger partial charge in [-0.15, -0.1) is 0 Å². The zero-order valence-electron chi connectivity index (χ0n) is 18.4. The maximum Gasteiger partial charge on any atom is 0.262 e. The van der Waals surface area contributed by atoms with Crippen molar-refractivity contribution in [3.63, 3.8) is 0 Å². The van der Waals surface area contributed by atoms with E-state index in [4.69, 9.17) is 4.74 Å². The number of para-hydroxylation sites is 1. The van der Waals surface area contributed by atoms with E-state index in [0.29, 0.717) is 30.1 Å². The summed E-state index contributed by atoms with van der Waals surface area (Å²) in [6.07, 6.45) is 0.932. The van der Waals surface area contributed by atoms with Gasteiger partial charge in [-0.2, -0.15) is 0 Å². The molecule has 6 nitrogen and oxygen atoms in total. The van der Waals surface area contributed by atoms with Crippen molar-refractivity contribution >= 4 is 33.4 Å². The Hall–Kier alpha value is -2.38. The Morgan fingerprint density at radius 3 is 2.42 bits per heavy atom. The predicted molar refractivity (Wildman–Crippen MR) is 127 cm³/mol. The average molecular weight is 488 g/mol. The average Bonchev–Trinajstić information content (AvgIpc) is 3.00. The van der Waals surface area contributed by atoms with E-state index in [9.17, 15) is 9.59 Å². The molecule has 1 fully saturated rings. The summed E-state index contributed by atoms with van der Waals surface area (Å²) in [6.45, 7) is 9.64. The van der Waals surface area contributed by atoms with E-state index in [1.54, 1.807) is 24.3 Å². The van der Waals surface area contributed by atoms with Crippen LogP contribution in [0.3, 0.4) is 0 Å². The van der Waals surface area contributed by atoms with E-state index in [2.05, 4.69) is 46.9 Å². The Morgan fingerprint density at radius 1 is 1.00 bits per heavy atom. The van der Waals surface area contributed by atoms with Crippen LogP contribution in [0, 0.1) is 0 Å². The minimum absolute atomic E-state index is 0.0559. The number of hydrogen-bond donors (Lipinski definition) is 1. The first-order valence-electron chi connectivity index (χ1n) is 10.6. The first kappa shape index (κ1) is 23.3. The maximum absolute atomic E-state index is 13.2. The molecule has 166 valence electrons. The zero-order chi connectivity index (χ0) is 22.4. The van der Waals surface area contributed by atoms with Crippen LogP contribution >= 0.6 is 15.9 Å². The number of rotatable bonds is 5. The third-order valence-electron chi connectivity index (χ3n) is 5.34. The number of nitrogens with zero attached hydrogens (tertiary/aromatic N) is 2. The summed E-state index contributed by atoms with van der Waals surface area (Å²) in [7, 11) is 0. The van der Waals surface area contributed by atoms with Crippen molar-refractivity contribution in [2.24, 2.45) is 0 Å². The number of benzene rings is 2. The molecule has 1 N–H and O–H groups in total. The molecule has 31 heavy (non-hydrogen) atoms. The highest BCUT2D eigenvalue weighted by Crippen LogP contribution is 2.22. The largest absolute Gasteiger partial charge is 0.483 e. The van der Waals surface area contributed by atoms with Gasteiger partial charge in [0.25, 0.3) is 11.8 Å². The molecular formula is C24H30BrN3O3. The lowest BCUT2D eigenvalue weighted by Gasteiger charge is -2.34. The Kier molecular flexibility index (Phi) is 7.73. The zero-order valence-corrected chi connectivity index (χ0v) is 19.9. The highest BCUT2D eigenvalue weighted by atomic mass is 79.9. The van der Waals surface area contributed by atoms with Gasteiger partial charge in [-0.25, -0.2) is 0 Å². The second-order valence-electron chi connectivity index (χ2n) is 8.64. The van der Waals surface area contributed by atoms with Gasteiger partial charge in [-0.05, 0) is 63.6 Å². The molecule has 0 saturated carbocycles. The van der Waals surface area contributed by atoms with Crippen molar-refractivity contribution in [1.82, 2.24) is 9.80 Å². The molecule has 0 atom stereocenters.